The molecule has 0 amide bonds. The molecule has 0 aliphatic heterocycles. The van der Waals surface area contributed by atoms with Crippen LogP contribution >= 0.6 is 23.8 Å². The number of aromatic amines is 1. The average Bonchev–Trinajstić information content (AvgIpc) is 2.62. The van der Waals surface area contributed by atoms with E-state index in [1.165, 1.54) is 0 Å². The Morgan fingerprint density at radius 3 is 2.94 bits per heavy atom. The maximum Gasteiger partial charge on any atom is 0.195 e. The van der Waals surface area contributed by atoms with Crippen LogP contribution in [0.4, 0.5) is 0 Å². The molecule has 2 rings (SSSR count). The summed E-state index contributed by atoms with van der Waals surface area (Å²) in [5.41, 5.74) is 0.860. The number of hydrogen-bond acceptors (Lipinski definition) is 2. The van der Waals surface area contributed by atoms with Gasteiger partial charge in [0.2, 0.25) is 0 Å². The third-order valence-electron chi connectivity index (χ3n) is 2.18. The summed E-state index contributed by atoms with van der Waals surface area (Å²) < 4.78 is 2.42. The van der Waals surface area contributed by atoms with Gasteiger partial charge in [-0.1, -0.05) is 29.8 Å². The maximum absolute atomic E-state index is 6.11. The van der Waals surface area contributed by atoms with Crippen molar-refractivity contribution in [1.82, 2.24) is 14.8 Å². The van der Waals surface area contributed by atoms with E-state index >= 15 is 0 Å². The molecule has 1 aromatic heterocycles. The van der Waals surface area contributed by atoms with Crippen LogP contribution in [0.5, 0.6) is 0 Å². The second kappa shape index (κ2) is 4.63. The number of halogens is 1. The summed E-state index contributed by atoms with van der Waals surface area (Å²) in [6.45, 7) is 4.30. The van der Waals surface area contributed by atoms with Crippen LogP contribution in [-0.4, -0.2) is 14.8 Å². The van der Waals surface area contributed by atoms with Crippen LogP contribution in [0, 0.1) is 4.77 Å². The van der Waals surface area contributed by atoms with Crippen molar-refractivity contribution in [2.45, 2.75) is 6.54 Å². The molecule has 2 aromatic rings. The van der Waals surface area contributed by atoms with Crippen LogP contribution in [0.2, 0.25) is 5.02 Å². The van der Waals surface area contributed by atoms with Gasteiger partial charge in [-0.25, -0.2) is 0 Å². The van der Waals surface area contributed by atoms with Gasteiger partial charge in [0.25, 0.3) is 0 Å². The molecule has 0 saturated heterocycles. The van der Waals surface area contributed by atoms with Gasteiger partial charge in [-0.15, -0.1) is 6.58 Å². The van der Waals surface area contributed by atoms with Crippen LogP contribution in [-0.2, 0) is 6.54 Å². The standard InChI is InChI=1S/C11H10ClN3S/c1-2-7-15-10(13-14-11(15)16)8-5-3-4-6-9(8)12/h2-6H,1,7H2,(H,14,16). The summed E-state index contributed by atoms with van der Waals surface area (Å²) in [5.74, 6) is 0.732. The third-order valence-corrected chi connectivity index (χ3v) is 2.83. The SMILES string of the molecule is C=CCn1c(-c2ccccc2Cl)n[nH]c1=S. The monoisotopic (exact) mass is 251 g/mol. The first-order valence-corrected chi connectivity index (χ1v) is 5.53. The molecule has 0 saturated carbocycles. The highest BCUT2D eigenvalue weighted by Gasteiger charge is 2.10. The minimum Gasteiger partial charge on any atom is -0.296 e. The Bertz CT molecular complexity index is 571. The predicted molar refractivity (Wildman–Crippen MR) is 68.1 cm³/mol. The number of aromatic nitrogens is 3. The summed E-state index contributed by atoms with van der Waals surface area (Å²) in [7, 11) is 0. The summed E-state index contributed by atoms with van der Waals surface area (Å²) >= 11 is 11.2. The van der Waals surface area contributed by atoms with Crippen molar-refractivity contribution >= 4 is 23.8 Å². The van der Waals surface area contributed by atoms with E-state index in [-0.39, 0.29) is 0 Å². The summed E-state index contributed by atoms with van der Waals surface area (Å²) in [4.78, 5) is 0. The van der Waals surface area contributed by atoms with E-state index in [1.807, 2.05) is 28.8 Å². The number of H-pyrrole nitrogens is 1. The molecule has 0 spiro atoms. The van der Waals surface area contributed by atoms with Gasteiger partial charge in [0, 0.05) is 12.1 Å². The molecule has 0 bridgehead atoms. The fourth-order valence-corrected chi connectivity index (χ4v) is 1.89. The van der Waals surface area contributed by atoms with E-state index < -0.39 is 0 Å². The zero-order valence-electron chi connectivity index (χ0n) is 8.48. The van der Waals surface area contributed by atoms with E-state index in [4.69, 9.17) is 23.8 Å². The molecule has 0 aliphatic rings. The predicted octanol–water partition coefficient (Wildman–Crippen LogP) is 3.45. The lowest BCUT2D eigenvalue weighted by molar-refractivity contribution is 0.814. The molecule has 0 radical (unpaired) electrons. The van der Waals surface area contributed by atoms with Gasteiger partial charge in [-0.3, -0.25) is 9.67 Å². The Hall–Kier alpha value is -1.39. The molecule has 3 nitrogen and oxygen atoms in total. The molecular formula is C11H10ClN3S. The number of hydrogen-bond donors (Lipinski definition) is 1. The lowest BCUT2D eigenvalue weighted by Gasteiger charge is -2.05. The van der Waals surface area contributed by atoms with Crippen molar-refractivity contribution in [3.05, 3.63) is 46.7 Å². The summed E-state index contributed by atoms with van der Waals surface area (Å²) in [6.07, 6.45) is 1.77. The number of allylic oxidation sites excluding steroid dienone is 1. The number of nitrogens with one attached hydrogen (secondary N) is 1. The Balaban J connectivity index is 2.60. The molecular weight excluding hydrogens is 242 g/mol. The largest absolute Gasteiger partial charge is 0.296 e. The minimum atomic E-state index is 0.565. The number of rotatable bonds is 3. The first-order chi connectivity index (χ1) is 7.74. The summed E-state index contributed by atoms with van der Waals surface area (Å²) in [5, 5.41) is 7.59. The zero-order chi connectivity index (χ0) is 11.5. The quantitative estimate of drug-likeness (QED) is 0.670. The molecule has 0 aliphatic carbocycles. The molecule has 1 N–H and O–H groups in total. The smallest absolute Gasteiger partial charge is 0.195 e. The van der Waals surface area contributed by atoms with Crippen molar-refractivity contribution in [3.63, 3.8) is 0 Å². The van der Waals surface area contributed by atoms with E-state index in [2.05, 4.69) is 16.8 Å². The molecule has 16 heavy (non-hydrogen) atoms. The molecule has 0 unspecified atom stereocenters. The highest BCUT2D eigenvalue weighted by molar-refractivity contribution is 7.71. The van der Waals surface area contributed by atoms with E-state index in [0.717, 1.165) is 11.4 Å². The van der Waals surface area contributed by atoms with Crippen LogP contribution in [0.25, 0.3) is 11.4 Å². The molecule has 82 valence electrons. The highest BCUT2D eigenvalue weighted by atomic mass is 35.5. The van der Waals surface area contributed by atoms with Gasteiger partial charge in [0.15, 0.2) is 10.6 Å². The van der Waals surface area contributed by atoms with Crippen molar-refractivity contribution in [2.75, 3.05) is 0 Å². The molecule has 0 fully saturated rings. The Morgan fingerprint density at radius 2 is 2.25 bits per heavy atom. The van der Waals surface area contributed by atoms with Crippen LogP contribution in [0.15, 0.2) is 36.9 Å². The molecule has 5 heteroatoms. The van der Waals surface area contributed by atoms with Crippen LogP contribution in [0.3, 0.4) is 0 Å². The summed E-state index contributed by atoms with van der Waals surface area (Å²) in [6, 6.07) is 7.53. The lowest BCUT2D eigenvalue weighted by Crippen LogP contribution is -1.98. The second-order valence-electron chi connectivity index (χ2n) is 3.23. The fourth-order valence-electron chi connectivity index (χ4n) is 1.46. The van der Waals surface area contributed by atoms with Gasteiger partial charge >= 0.3 is 0 Å². The number of nitrogens with zero attached hydrogens (tertiary/aromatic N) is 2. The Labute approximate surface area is 103 Å². The van der Waals surface area contributed by atoms with E-state index in [0.29, 0.717) is 16.3 Å². The second-order valence-corrected chi connectivity index (χ2v) is 4.03. The Morgan fingerprint density at radius 1 is 1.50 bits per heavy atom. The molecule has 0 atom stereocenters. The lowest BCUT2D eigenvalue weighted by atomic mass is 10.2. The molecule has 1 aromatic carbocycles. The van der Waals surface area contributed by atoms with Gasteiger partial charge in [0.05, 0.1) is 5.02 Å². The van der Waals surface area contributed by atoms with Gasteiger partial charge < -0.3 is 0 Å². The van der Waals surface area contributed by atoms with Gasteiger partial charge in [-0.05, 0) is 24.4 Å². The van der Waals surface area contributed by atoms with Gasteiger partial charge in [-0.2, -0.15) is 5.10 Å². The third kappa shape index (κ3) is 1.94. The van der Waals surface area contributed by atoms with Gasteiger partial charge in [0.1, 0.15) is 0 Å². The topological polar surface area (TPSA) is 33.6 Å². The van der Waals surface area contributed by atoms with Crippen LogP contribution < -0.4 is 0 Å². The van der Waals surface area contributed by atoms with Crippen molar-refractivity contribution in [2.24, 2.45) is 0 Å². The van der Waals surface area contributed by atoms with Crippen molar-refractivity contribution in [1.29, 1.82) is 0 Å². The van der Waals surface area contributed by atoms with E-state index in [9.17, 15) is 0 Å². The Kier molecular flexibility index (Phi) is 3.22. The van der Waals surface area contributed by atoms with E-state index in [1.54, 1.807) is 6.08 Å². The highest BCUT2D eigenvalue weighted by Crippen LogP contribution is 2.25. The number of benzene rings is 1. The first-order valence-electron chi connectivity index (χ1n) is 4.75. The average molecular weight is 252 g/mol. The fraction of sp³-hybridized carbons (Fsp3) is 0.0909. The van der Waals surface area contributed by atoms with Crippen molar-refractivity contribution < 1.29 is 0 Å². The molecule has 1 heterocycles. The maximum atomic E-state index is 6.11. The first kappa shape index (κ1) is 11.1. The zero-order valence-corrected chi connectivity index (χ0v) is 10.1. The van der Waals surface area contributed by atoms with Crippen molar-refractivity contribution in [3.8, 4) is 11.4 Å². The van der Waals surface area contributed by atoms with Crippen LogP contribution in [0.1, 0.15) is 0 Å². The minimum absolute atomic E-state index is 0.565. The normalized spacial score (nSPS) is 10.3.